The van der Waals surface area contributed by atoms with Crippen LogP contribution in [0.4, 0.5) is 11.7 Å². The van der Waals surface area contributed by atoms with Gasteiger partial charge < -0.3 is 14.7 Å². The Balaban J connectivity index is 2.72. The average molecular weight is 169 g/mol. The molecule has 4 nitrogen and oxygen atoms in total. The summed E-state index contributed by atoms with van der Waals surface area (Å²) < 4.78 is 5.00. The van der Waals surface area contributed by atoms with Crippen molar-refractivity contribution in [2.24, 2.45) is 0 Å². The lowest BCUT2D eigenvalue weighted by molar-refractivity contribution is 0.433. The molecule has 0 aromatic carbocycles. The zero-order chi connectivity index (χ0) is 8.97. The van der Waals surface area contributed by atoms with Crippen molar-refractivity contribution in [3.8, 4) is 0 Å². The van der Waals surface area contributed by atoms with Crippen molar-refractivity contribution >= 4 is 11.7 Å². The van der Waals surface area contributed by atoms with E-state index in [4.69, 9.17) is 4.52 Å². The molecular weight excluding hydrogens is 154 g/mol. The molecule has 0 amide bonds. The second-order valence-corrected chi connectivity index (χ2v) is 2.47. The Labute approximate surface area is 72.5 Å². The van der Waals surface area contributed by atoms with Gasteiger partial charge in [-0.05, 0) is 13.8 Å². The Bertz CT molecular complexity index is 230. The van der Waals surface area contributed by atoms with E-state index in [0.29, 0.717) is 5.88 Å². The highest BCUT2D eigenvalue weighted by atomic mass is 16.5. The molecule has 0 aliphatic heterocycles. The van der Waals surface area contributed by atoms with Gasteiger partial charge in [0.25, 0.3) is 0 Å². The zero-order valence-corrected chi connectivity index (χ0v) is 7.79. The average Bonchev–Trinajstić information content (AvgIpc) is 2.55. The number of rotatable bonds is 4. The van der Waals surface area contributed by atoms with E-state index in [1.54, 1.807) is 0 Å². The molecule has 0 radical (unpaired) electrons. The van der Waals surface area contributed by atoms with Crippen molar-refractivity contribution in [1.29, 1.82) is 0 Å². The van der Waals surface area contributed by atoms with E-state index >= 15 is 0 Å². The SMILES string of the molecule is CCN(CC)c1cc(NC)on1. The van der Waals surface area contributed by atoms with Crippen LogP contribution in [-0.2, 0) is 0 Å². The molecule has 68 valence electrons. The van der Waals surface area contributed by atoms with Crippen LogP contribution in [0.5, 0.6) is 0 Å². The van der Waals surface area contributed by atoms with Gasteiger partial charge in [0, 0.05) is 26.2 Å². The van der Waals surface area contributed by atoms with Crippen LogP contribution in [0.15, 0.2) is 10.6 Å². The minimum Gasteiger partial charge on any atom is -0.357 e. The number of hydrogen-bond acceptors (Lipinski definition) is 4. The van der Waals surface area contributed by atoms with Crippen LogP contribution in [-0.4, -0.2) is 25.3 Å². The molecule has 1 rings (SSSR count). The third-order valence-electron chi connectivity index (χ3n) is 1.83. The van der Waals surface area contributed by atoms with Gasteiger partial charge in [0.1, 0.15) is 0 Å². The lowest BCUT2D eigenvalue weighted by Crippen LogP contribution is -2.21. The largest absolute Gasteiger partial charge is 0.357 e. The summed E-state index contributed by atoms with van der Waals surface area (Å²) in [6, 6.07) is 1.90. The van der Waals surface area contributed by atoms with E-state index in [-0.39, 0.29) is 0 Å². The monoisotopic (exact) mass is 169 g/mol. The fourth-order valence-electron chi connectivity index (χ4n) is 1.08. The molecule has 0 fully saturated rings. The predicted octanol–water partition coefficient (Wildman–Crippen LogP) is 1.56. The highest BCUT2D eigenvalue weighted by molar-refractivity contribution is 5.46. The van der Waals surface area contributed by atoms with E-state index in [9.17, 15) is 0 Å². The molecule has 0 aliphatic rings. The Morgan fingerprint density at radius 2 is 2.17 bits per heavy atom. The molecule has 0 bridgehead atoms. The first-order valence-corrected chi connectivity index (χ1v) is 4.21. The molecule has 1 N–H and O–H groups in total. The second kappa shape index (κ2) is 3.99. The summed E-state index contributed by atoms with van der Waals surface area (Å²) >= 11 is 0. The molecule has 1 aromatic heterocycles. The van der Waals surface area contributed by atoms with Gasteiger partial charge >= 0.3 is 0 Å². The van der Waals surface area contributed by atoms with Crippen LogP contribution < -0.4 is 10.2 Å². The number of hydrogen-bond donors (Lipinski definition) is 1. The van der Waals surface area contributed by atoms with Gasteiger partial charge in [0.05, 0.1) is 0 Å². The second-order valence-electron chi connectivity index (χ2n) is 2.47. The summed E-state index contributed by atoms with van der Waals surface area (Å²) in [5.41, 5.74) is 0. The Morgan fingerprint density at radius 1 is 1.50 bits per heavy atom. The molecule has 0 spiro atoms. The van der Waals surface area contributed by atoms with Crippen LogP contribution >= 0.6 is 0 Å². The minimum absolute atomic E-state index is 0.705. The van der Waals surface area contributed by atoms with Gasteiger partial charge in [-0.15, -0.1) is 0 Å². The van der Waals surface area contributed by atoms with Crippen molar-refractivity contribution in [3.05, 3.63) is 6.07 Å². The molecular formula is C8H15N3O. The number of nitrogens with zero attached hydrogens (tertiary/aromatic N) is 2. The summed E-state index contributed by atoms with van der Waals surface area (Å²) in [6.45, 7) is 6.09. The van der Waals surface area contributed by atoms with E-state index in [2.05, 4.69) is 29.2 Å². The fraction of sp³-hybridized carbons (Fsp3) is 0.625. The molecule has 0 atom stereocenters. The van der Waals surface area contributed by atoms with E-state index in [1.165, 1.54) is 0 Å². The Kier molecular flexibility index (Phi) is 2.96. The topological polar surface area (TPSA) is 41.3 Å². The summed E-state index contributed by atoms with van der Waals surface area (Å²) in [5, 5.41) is 6.81. The number of nitrogens with one attached hydrogen (secondary N) is 1. The maximum Gasteiger partial charge on any atom is 0.226 e. The van der Waals surface area contributed by atoms with Gasteiger partial charge in [-0.3, -0.25) is 0 Å². The summed E-state index contributed by atoms with van der Waals surface area (Å²) in [7, 11) is 1.81. The Hall–Kier alpha value is -1.19. The van der Waals surface area contributed by atoms with Crippen LogP contribution in [0, 0.1) is 0 Å². The smallest absolute Gasteiger partial charge is 0.226 e. The van der Waals surface area contributed by atoms with Crippen LogP contribution in [0.1, 0.15) is 13.8 Å². The predicted molar refractivity (Wildman–Crippen MR) is 49.6 cm³/mol. The van der Waals surface area contributed by atoms with Gasteiger partial charge in [-0.2, -0.15) is 0 Å². The van der Waals surface area contributed by atoms with E-state index < -0.39 is 0 Å². The highest BCUT2D eigenvalue weighted by Gasteiger charge is 2.07. The van der Waals surface area contributed by atoms with Gasteiger partial charge in [0.2, 0.25) is 5.88 Å². The first-order chi connectivity index (χ1) is 5.81. The molecule has 0 aliphatic carbocycles. The summed E-state index contributed by atoms with van der Waals surface area (Å²) in [6.07, 6.45) is 0. The third-order valence-corrected chi connectivity index (χ3v) is 1.83. The highest BCUT2D eigenvalue weighted by Crippen LogP contribution is 2.16. The molecule has 1 heterocycles. The van der Waals surface area contributed by atoms with Gasteiger partial charge in [0.15, 0.2) is 5.82 Å². The van der Waals surface area contributed by atoms with E-state index in [1.807, 2.05) is 13.1 Å². The van der Waals surface area contributed by atoms with Crippen molar-refractivity contribution in [2.75, 3.05) is 30.4 Å². The van der Waals surface area contributed by atoms with Crippen LogP contribution in [0.2, 0.25) is 0 Å². The lowest BCUT2D eigenvalue weighted by Gasteiger charge is -2.15. The van der Waals surface area contributed by atoms with E-state index in [0.717, 1.165) is 18.9 Å². The summed E-state index contributed by atoms with van der Waals surface area (Å²) in [5.74, 6) is 1.60. The van der Waals surface area contributed by atoms with Crippen molar-refractivity contribution in [2.45, 2.75) is 13.8 Å². The quantitative estimate of drug-likeness (QED) is 0.742. The Morgan fingerprint density at radius 3 is 2.58 bits per heavy atom. The summed E-state index contributed by atoms with van der Waals surface area (Å²) in [4.78, 5) is 2.13. The zero-order valence-electron chi connectivity index (χ0n) is 7.79. The van der Waals surface area contributed by atoms with Crippen molar-refractivity contribution in [3.63, 3.8) is 0 Å². The van der Waals surface area contributed by atoms with Gasteiger partial charge in [-0.1, -0.05) is 5.16 Å². The van der Waals surface area contributed by atoms with Crippen molar-refractivity contribution < 1.29 is 4.52 Å². The minimum atomic E-state index is 0.705. The van der Waals surface area contributed by atoms with Crippen LogP contribution in [0.25, 0.3) is 0 Å². The number of aromatic nitrogens is 1. The molecule has 12 heavy (non-hydrogen) atoms. The molecule has 0 saturated carbocycles. The normalized spacial score (nSPS) is 9.92. The van der Waals surface area contributed by atoms with Crippen molar-refractivity contribution in [1.82, 2.24) is 5.16 Å². The fourth-order valence-corrected chi connectivity index (χ4v) is 1.08. The van der Waals surface area contributed by atoms with Gasteiger partial charge in [-0.25, -0.2) is 0 Å². The van der Waals surface area contributed by atoms with Crippen LogP contribution in [0.3, 0.4) is 0 Å². The first kappa shape index (κ1) is 8.90. The molecule has 1 aromatic rings. The third kappa shape index (κ3) is 1.69. The molecule has 0 saturated heterocycles. The molecule has 0 unspecified atom stereocenters. The maximum absolute atomic E-state index is 5.00. The molecule has 4 heteroatoms. The standard InChI is InChI=1S/C8H15N3O/c1-4-11(5-2)7-6-8(9-3)12-10-7/h6,9H,4-5H2,1-3H3. The first-order valence-electron chi connectivity index (χ1n) is 4.21. The maximum atomic E-state index is 5.00. The number of anilines is 2. The lowest BCUT2D eigenvalue weighted by atomic mass is 10.4.